The number of azo groups is 1. The molecule has 36 heavy (non-hydrogen) atoms. The van der Waals surface area contributed by atoms with E-state index in [4.69, 9.17) is 4.74 Å². The number of rotatable bonds is 7. The van der Waals surface area contributed by atoms with Crippen LogP contribution in [0.4, 0.5) is 17.1 Å². The summed E-state index contributed by atoms with van der Waals surface area (Å²) < 4.78 is 5.43. The number of ether oxygens (including phenoxy) is 1. The van der Waals surface area contributed by atoms with Crippen LogP contribution in [0.2, 0.25) is 0 Å². The molecule has 0 atom stereocenters. The molecule has 0 unspecified atom stereocenters. The van der Waals surface area contributed by atoms with Crippen molar-refractivity contribution in [1.29, 1.82) is 0 Å². The van der Waals surface area contributed by atoms with Gasteiger partial charge in [0.05, 0.1) is 17.9 Å². The summed E-state index contributed by atoms with van der Waals surface area (Å²) >= 11 is 0. The van der Waals surface area contributed by atoms with Crippen molar-refractivity contribution >= 4 is 39.6 Å². The van der Waals surface area contributed by atoms with Crippen molar-refractivity contribution < 1.29 is 19.4 Å². The molecule has 0 aliphatic carbocycles. The molecule has 4 rings (SSSR count). The lowest BCUT2D eigenvalue weighted by Crippen LogP contribution is -2.17. The number of anilines is 1. The minimum Gasteiger partial charge on any atom is -0.505 e. The summed E-state index contributed by atoms with van der Waals surface area (Å²) in [7, 11) is 1.55. The maximum absolute atomic E-state index is 13.1. The maximum atomic E-state index is 13.1. The fraction of sp³-hybridized carbons (Fsp3) is 0.143. The van der Waals surface area contributed by atoms with E-state index in [9.17, 15) is 14.7 Å². The van der Waals surface area contributed by atoms with Gasteiger partial charge in [-0.15, -0.1) is 5.11 Å². The lowest BCUT2D eigenvalue weighted by molar-refractivity contribution is 0.0962. The van der Waals surface area contributed by atoms with Gasteiger partial charge in [0.1, 0.15) is 11.4 Å². The normalized spacial score (nSPS) is 11.0. The topological polar surface area (TPSA) is 112 Å². The van der Waals surface area contributed by atoms with Gasteiger partial charge in [-0.1, -0.05) is 30.3 Å². The first-order valence-electron chi connectivity index (χ1n) is 11.4. The Balaban J connectivity index is 1.72. The minimum absolute atomic E-state index is 0.0624. The highest BCUT2D eigenvalue weighted by Crippen LogP contribution is 2.40. The largest absolute Gasteiger partial charge is 0.505 e. The van der Waals surface area contributed by atoms with E-state index in [0.29, 0.717) is 34.7 Å². The van der Waals surface area contributed by atoms with Gasteiger partial charge in [-0.05, 0) is 67.3 Å². The molecule has 0 aliphatic heterocycles. The van der Waals surface area contributed by atoms with Crippen LogP contribution in [-0.2, 0) is 0 Å². The predicted molar refractivity (Wildman–Crippen MR) is 140 cm³/mol. The number of aromatic hydroxyl groups is 1. The van der Waals surface area contributed by atoms with Crippen molar-refractivity contribution in [2.75, 3.05) is 19.0 Å². The molecular weight excluding hydrogens is 456 g/mol. The van der Waals surface area contributed by atoms with Crippen LogP contribution < -0.4 is 15.4 Å². The Morgan fingerprint density at radius 2 is 1.69 bits per heavy atom. The third kappa shape index (κ3) is 5.17. The molecule has 0 spiro atoms. The number of aryl methyl sites for hydroxylation is 1. The SMILES string of the molecule is CCOc1ccc(NC(=O)c2cc3ccccc3c(N=Nc3cc(C(=O)NC)ccc3C)c2O)cc1. The summed E-state index contributed by atoms with van der Waals surface area (Å²) in [6.07, 6.45) is 0. The maximum Gasteiger partial charge on any atom is 0.259 e. The third-order valence-electron chi connectivity index (χ3n) is 5.62. The second-order valence-electron chi connectivity index (χ2n) is 8.03. The standard InChI is InChI=1S/C28H26N4O4/c1-4-36-21-13-11-20(12-14-21)30-28(35)23-15-18-7-5-6-8-22(18)25(26(23)33)32-31-24-16-19(27(34)29-3)10-9-17(24)2/h5-16,33H,4H2,1-3H3,(H,29,34)(H,30,35). The van der Waals surface area contributed by atoms with Crippen LogP contribution in [0.1, 0.15) is 33.2 Å². The molecule has 3 N–H and O–H groups in total. The molecule has 0 aliphatic rings. The first-order chi connectivity index (χ1) is 17.4. The van der Waals surface area contributed by atoms with Crippen molar-refractivity contribution in [2.24, 2.45) is 10.2 Å². The van der Waals surface area contributed by atoms with E-state index in [0.717, 1.165) is 10.9 Å². The lowest BCUT2D eigenvalue weighted by atomic mass is 10.0. The zero-order chi connectivity index (χ0) is 25.7. The van der Waals surface area contributed by atoms with Gasteiger partial charge in [-0.25, -0.2) is 0 Å². The Kier molecular flexibility index (Phi) is 7.25. The van der Waals surface area contributed by atoms with Crippen molar-refractivity contribution in [3.8, 4) is 11.5 Å². The van der Waals surface area contributed by atoms with E-state index in [1.165, 1.54) is 0 Å². The molecule has 0 radical (unpaired) electrons. The first-order valence-corrected chi connectivity index (χ1v) is 11.4. The number of hydrogen-bond acceptors (Lipinski definition) is 6. The Morgan fingerprint density at radius 3 is 2.42 bits per heavy atom. The second-order valence-corrected chi connectivity index (χ2v) is 8.03. The Labute approximate surface area is 208 Å². The van der Waals surface area contributed by atoms with Gasteiger partial charge in [-0.3, -0.25) is 9.59 Å². The summed E-state index contributed by atoms with van der Waals surface area (Å²) in [6, 6.07) is 21.0. The monoisotopic (exact) mass is 482 g/mol. The van der Waals surface area contributed by atoms with Crippen molar-refractivity contribution in [1.82, 2.24) is 5.32 Å². The number of nitrogens with zero attached hydrogens (tertiary/aromatic N) is 2. The zero-order valence-electron chi connectivity index (χ0n) is 20.2. The number of phenols is 1. The molecule has 8 heteroatoms. The molecule has 0 saturated heterocycles. The zero-order valence-corrected chi connectivity index (χ0v) is 20.2. The smallest absolute Gasteiger partial charge is 0.259 e. The quantitative estimate of drug-likeness (QED) is 0.269. The molecule has 0 aromatic heterocycles. The summed E-state index contributed by atoms with van der Waals surface area (Å²) in [4.78, 5) is 25.1. The molecule has 4 aromatic carbocycles. The van der Waals surface area contributed by atoms with Gasteiger partial charge < -0.3 is 20.5 Å². The van der Waals surface area contributed by atoms with Crippen LogP contribution in [0.15, 0.2) is 83.0 Å². The molecule has 182 valence electrons. The van der Waals surface area contributed by atoms with E-state index in [1.807, 2.05) is 32.0 Å². The van der Waals surface area contributed by atoms with Gasteiger partial charge in [0.15, 0.2) is 5.75 Å². The Hall–Kier alpha value is -4.72. The average Bonchev–Trinajstić information content (AvgIpc) is 2.89. The van der Waals surface area contributed by atoms with Gasteiger partial charge in [0.25, 0.3) is 11.8 Å². The fourth-order valence-corrected chi connectivity index (χ4v) is 3.70. The van der Waals surface area contributed by atoms with Crippen LogP contribution in [-0.4, -0.2) is 30.6 Å². The van der Waals surface area contributed by atoms with Crippen LogP contribution >= 0.6 is 0 Å². The minimum atomic E-state index is -0.489. The van der Waals surface area contributed by atoms with E-state index in [1.54, 1.807) is 61.6 Å². The van der Waals surface area contributed by atoms with Crippen LogP contribution in [0, 0.1) is 6.92 Å². The first kappa shape index (κ1) is 24.4. The van der Waals surface area contributed by atoms with Crippen molar-refractivity contribution in [3.63, 3.8) is 0 Å². The van der Waals surface area contributed by atoms with Crippen molar-refractivity contribution in [2.45, 2.75) is 13.8 Å². The number of amides is 2. The summed E-state index contributed by atoms with van der Waals surface area (Å²) in [5.74, 6) is -0.326. The van der Waals surface area contributed by atoms with E-state index >= 15 is 0 Å². The molecular formula is C28H26N4O4. The van der Waals surface area contributed by atoms with Crippen molar-refractivity contribution in [3.05, 3.63) is 89.5 Å². The van der Waals surface area contributed by atoms with E-state index in [-0.39, 0.29) is 22.9 Å². The summed E-state index contributed by atoms with van der Waals surface area (Å²) in [6.45, 7) is 4.29. The lowest BCUT2D eigenvalue weighted by Gasteiger charge is -2.12. The number of carbonyl (C=O) groups excluding carboxylic acids is 2. The Morgan fingerprint density at radius 1 is 0.944 bits per heavy atom. The molecule has 0 fully saturated rings. The van der Waals surface area contributed by atoms with Gasteiger partial charge in [-0.2, -0.15) is 5.11 Å². The number of nitrogens with one attached hydrogen (secondary N) is 2. The highest BCUT2D eigenvalue weighted by Gasteiger charge is 2.19. The number of hydrogen-bond donors (Lipinski definition) is 3. The Bertz CT molecular complexity index is 1460. The fourth-order valence-electron chi connectivity index (χ4n) is 3.70. The molecule has 0 saturated carbocycles. The number of carbonyl (C=O) groups is 2. The van der Waals surface area contributed by atoms with Crippen LogP contribution in [0.5, 0.6) is 11.5 Å². The molecule has 4 aromatic rings. The van der Waals surface area contributed by atoms with Gasteiger partial charge >= 0.3 is 0 Å². The van der Waals surface area contributed by atoms with Crippen LogP contribution in [0.3, 0.4) is 0 Å². The number of benzene rings is 4. The van der Waals surface area contributed by atoms with E-state index < -0.39 is 5.91 Å². The average molecular weight is 483 g/mol. The van der Waals surface area contributed by atoms with Crippen LogP contribution in [0.25, 0.3) is 10.8 Å². The van der Waals surface area contributed by atoms with Gasteiger partial charge in [0, 0.05) is 23.7 Å². The number of fused-ring (bicyclic) bond motifs is 1. The second kappa shape index (κ2) is 10.7. The summed E-state index contributed by atoms with van der Waals surface area (Å²) in [5, 5.41) is 26.4. The predicted octanol–water partition coefficient (Wildman–Crippen LogP) is 6.28. The van der Waals surface area contributed by atoms with E-state index in [2.05, 4.69) is 20.9 Å². The third-order valence-corrected chi connectivity index (χ3v) is 5.62. The highest BCUT2D eigenvalue weighted by atomic mass is 16.5. The molecule has 8 nitrogen and oxygen atoms in total. The molecule has 0 heterocycles. The molecule has 0 bridgehead atoms. The highest BCUT2D eigenvalue weighted by molar-refractivity contribution is 6.11. The molecule has 2 amide bonds. The summed E-state index contributed by atoms with van der Waals surface area (Å²) in [5.41, 5.74) is 2.50. The van der Waals surface area contributed by atoms with Gasteiger partial charge in [0.2, 0.25) is 0 Å². The number of phenolic OH excluding ortho intramolecular Hbond substituents is 1.